The van der Waals surface area contributed by atoms with Crippen molar-refractivity contribution in [1.29, 1.82) is 0 Å². The summed E-state index contributed by atoms with van der Waals surface area (Å²) < 4.78 is 13.4. The number of rotatable bonds is 6. The summed E-state index contributed by atoms with van der Waals surface area (Å²) in [6, 6.07) is 5.61. The van der Waals surface area contributed by atoms with Crippen LogP contribution in [-0.4, -0.2) is 51.9 Å². The summed E-state index contributed by atoms with van der Waals surface area (Å²) >= 11 is 0. The minimum Gasteiger partial charge on any atom is -0.490 e. The van der Waals surface area contributed by atoms with E-state index >= 15 is 0 Å². The highest BCUT2D eigenvalue weighted by Crippen LogP contribution is 2.32. The number of nitrogens with one attached hydrogen (secondary N) is 3. The van der Waals surface area contributed by atoms with Gasteiger partial charge in [-0.05, 0) is 39.8 Å². The largest absolute Gasteiger partial charge is 0.490 e. The van der Waals surface area contributed by atoms with Crippen LogP contribution >= 0.6 is 0 Å². The molecule has 1 aliphatic rings. The highest BCUT2D eigenvalue weighted by atomic mass is 16.5. The van der Waals surface area contributed by atoms with Gasteiger partial charge in [0.05, 0.1) is 19.8 Å². The van der Waals surface area contributed by atoms with Crippen molar-refractivity contribution >= 4 is 17.6 Å². The number of aliphatic imine (C=N–C) groups is 1. The number of carbonyl (C=O) groups excluding carboxylic acids is 1. The predicted molar refractivity (Wildman–Crippen MR) is 118 cm³/mol. The van der Waals surface area contributed by atoms with Gasteiger partial charge < -0.3 is 30.0 Å². The van der Waals surface area contributed by atoms with E-state index in [0.717, 1.165) is 30.2 Å². The fraction of sp³-hybridized carbons (Fsp3) is 0.524. The molecule has 0 spiro atoms. The fourth-order valence-electron chi connectivity index (χ4n) is 2.96. The molecule has 0 radical (unpaired) electrons. The zero-order valence-electron chi connectivity index (χ0n) is 18.6. The summed E-state index contributed by atoms with van der Waals surface area (Å²) in [7, 11) is 0. The monoisotopic (exact) mass is 429 g/mol. The van der Waals surface area contributed by atoms with Gasteiger partial charge in [0.25, 0.3) is 0 Å². The van der Waals surface area contributed by atoms with Gasteiger partial charge in [-0.1, -0.05) is 0 Å². The first kappa shape index (κ1) is 22.4. The van der Waals surface area contributed by atoms with Crippen LogP contribution < -0.4 is 25.4 Å². The van der Waals surface area contributed by atoms with E-state index in [9.17, 15) is 4.79 Å². The van der Waals surface area contributed by atoms with Gasteiger partial charge in [0, 0.05) is 30.3 Å². The van der Waals surface area contributed by atoms with Crippen LogP contribution in [0.3, 0.4) is 0 Å². The van der Waals surface area contributed by atoms with E-state index in [0.29, 0.717) is 31.5 Å². The number of anilines is 1. The van der Waals surface area contributed by atoms with Gasteiger partial charge in [-0.3, -0.25) is 4.79 Å². The first-order valence-corrected chi connectivity index (χ1v) is 10.5. The summed E-state index contributed by atoms with van der Waals surface area (Å²) in [5.74, 6) is 2.45. The normalized spacial score (nSPS) is 14.0. The van der Waals surface area contributed by atoms with Crippen molar-refractivity contribution in [3.8, 4) is 11.5 Å². The Kier molecular flexibility index (Phi) is 7.32. The third-order valence-corrected chi connectivity index (χ3v) is 4.36. The summed E-state index contributed by atoms with van der Waals surface area (Å²) in [5.41, 5.74) is 0.457. The van der Waals surface area contributed by atoms with E-state index in [-0.39, 0.29) is 18.0 Å². The number of guanidine groups is 1. The molecular weight excluding hydrogens is 398 g/mol. The zero-order chi connectivity index (χ0) is 22.3. The van der Waals surface area contributed by atoms with E-state index < -0.39 is 0 Å². The fourth-order valence-corrected chi connectivity index (χ4v) is 2.96. The Hall–Kier alpha value is -3.30. The smallest absolute Gasteiger partial charge is 0.239 e. The molecule has 0 fully saturated rings. The lowest BCUT2D eigenvalue weighted by molar-refractivity contribution is -0.121. The minimum atomic E-state index is -0.310. The van der Waals surface area contributed by atoms with Crippen molar-refractivity contribution < 1.29 is 14.3 Å². The van der Waals surface area contributed by atoms with Gasteiger partial charge in [0.1, 0.15) is 12.9 Å². The number of amides is 1. The molecule has 0 unspecified atom stereocenters. The number of carbonyl (C=O) groups is 1. The summed E-state index contributed by atoms with van der Waals surface area (Å²) in [4.78, 5) is 16.8. The predicted octanol–water partition coefficient (Wildman–Crippen LogP) is 1.93. The van der Waals surface area contributed by atoms with Gasteiger partial charge in [0.15, 0.2) is 23.3 Å². The second kappa shape index (κ2) is 10.1. The molecule has 2 heterocycles. The second-order valence-electron chi connectivity index (χ2n) is 8.19. The molecule has 2 aromatic rings. The Morgan fingerprint density at radius 2 is 2.00 bits per heavy atom. The lowest BCUT2D eigenvalue weighted by Crippen LogP contribution is -2.46. The number of hydrogen-bond acceptors (Lipinski definition) is 6. The van der Waals surface area contributed by atoms with Crippen molar-refractivity contribution in [1.82, 2.24) is 25.4 Å². The molecule has 3 rings (SSSR count). The van der Waals surface area contributed by atoms with Crippen LogP contribution in [0.5, 0.6) is 11.5 Å². The molecule has 0 saturated heterocycles. The zero-order valence-corrected chi connectivity index (χ0v) is 18.6. The van der Waals surface area contributed by atoms with Crippen LogP contribution in [0.4, 0.5) is 5.69 Å². The third kappa shape index (κ3) is 6.87. The van der Waals surface area contributed by atoms with E-state index in [1.54, 1.807) is 6.33 Å². The van der Waals surface area contributed by atoms with E-state index in [1.807, 2.05) is 50.5 Å². The molecular formula is C21H31N7O3. The van der Waals surface area contributed by atoms with E-state index in [1.165, 1.54) is 0 Å². The molecule has 10 heteroatoms. The lowest BCUT2D eigenvalue weighted by Gasteiger charge is -2.21. The van der Waals surface area contributed by atoms with Crippen LogP contribution in [0.15, 0.2) is 29.5 Å². The van der Waals surface area contributed by atoms with Crippen LogP contribution in [0.25, 0.3) is 0 Å². The number of aromatic nitrogens is 3. The topological polar surface area (TPSA) is 115 Å². The van der Waals surface area contributed by atoms with Crippen LogP contribution in [0, 0.1) is 0 Å². The van der Waals surface area contributed by atoms with Crippen LogP contribution in [0.2, 0.25) is 0 Å². The number of benzene rings is 1. The van der Waals surface area contributed by atoms with Gasteiger partial charge in [-0.2, -0.15) is 0 Å². The molecule has 0 bridgehead atoms. The van der Waals surface area contributed by atoms with Crippen LogP contribution in [0.1, 0.15) is 39.9 Å². The number of aryl methyl sites for hydroxylation is 1. The molecule has 0 saturated carbocycles. The highest BCUT2D eigenvalue weighted by Gasteiger charge is 2.15. The summed E-state index contributed by atoms with van der Waals surface area (Å²) in [6.45, 7) is 10.2. The average molecular weight is 430 g/mol. The number of fused-ring (bicyclic) bond motifs is 1. The standard InChI is InChI=1S/C21H31N7O3/c1-5-28-14-24-27-18(28)12-22-20(23-13-19(29)26-21(2,3)4)25-15-7-8-16-17(11-15)31-10-6-9-30-16/h7-8,11,14H,5-6,9-10,12-13H2,1-4H3,(H,26,29)(H2,22,23,25). The molecule has 1 amide bonds. The van der Waals surface area contributed by atoms with Crippen molar-refractivity contribution in [3.05, 3.63) is 30.4 Å². The highest BCUT2D eigenvalue weighted by molar-refractivity contribution is 5.96. The van der Waals surface area contributed by atoms with Crippen molar-refractivity contribution in [2.75, 3.05) is 25.1 Å². The molecule has 10 nitrogen and oxygen atoms in total. The molecule has 0 aliphatic carbocycles. The minimum absolute atomic E-state index is 0.0775. The van der Waals surface area contributed by atoms with Gasteiger partial charge in [0.2, 0.25) is 5.91 Å². The maximum Gasteiger partial charge on any atom is 0.239 e. The summed E-state index contributed by atoms with van der Waals surface area (Å²) in [5, 5.41) is 17.3. The average Bonchev–Trinajstić information content (AvgIpc) is 3.04. The first-order chi connectivity index (χ1) is 14.8. The van der Waals surface area contributed by atoms with Crippen LogP contribution in [-0.2, 0) is 17.9 Å². The maximum absolute atomic E-state index is 12.3. The number of hydrogen-bond donors (Lipinski definition) is 3. The Balaban J connectivity index is 1.74. The van der Waals surface area contributed by atoms with Gasteiger partial charge >= 0.3 is 0 Å². The SMILES string of the molecule is CCn1cnnc1CN=C(NCC(=O)NC(C)(C)C)Nc1ccc2c(c1)OCCCO2. The van der Waals surface area contributed by atoms with Crippen molar-refractivity contribution in [3.63, 3.8) is 0 Å². The third-order valence-electron chi connectivity index (χ3n) is 4.36. The molecule has 0 atom stereocenters. The summed E-state index contributed by atoms with van der Waals surface area (Å²) in [6.07, 6.45) is 2.51. The van der Waals surface area contributed by atoms with E-state index in [4.69, 9.17) is 9.47 Å². The Labute approximate surface area is 182 Å². The van der Waals surface area contributed by atoms with Gasteiger partial charge in [-0.15, -0.1) is 10.2 Å². The Bertz CT molecular complexity index is 918. The molecule has 168 valence electrons. The van der Waals surface area contributed by atoms with E-state index in [2.05, 4.69) is 31.1 Å². The molecule has 1 aliphatic heterocycles. The molecule has 1 aromatic carbocycles. The van der Waals surface area contributed by atoms with Crippen molar-refractivity contribution in [2.45, 2.75) is 52.7 Å². The Morgan fingerprint density at radius 3 is 2.74 bits per heavy atom. The quantitative estimate of drug-likeness (QED) is 0.475. The molecule has 3 N–H and O–H groups in total. The second-order valence-corrected chi connectivity index (χ2v) is 8.19. The number of ether oxygens (including phenoxy) is 2. The molecule has 1 aromatic heterocycles. The molecule has 31 heavy (non-hydrogen) atoms. The first-order valence-electron chi connectivity index (χ1n) is 10.5. The lowest BCUT2D eigenvalue weighted by atomic mass is 10.1. The maximum atomic E-state index is 12.3. The van der Waals surface area contributed by atoms with Crippen molar-refractivity contribution in [2.24, 2.45) is 4.99 Å². The Morgan fingerprint density at radius 1 is 1.23 bits per heavy atom. The number of nitrogens with zero attached hydrogens (tertiary/aromatic N) is 4. The van der Waals surface area contributed by atoms with Gasteiger partial charge in [-0.25, -0.2) is 4.99 Å².